The van der Waals surface area contributed by atoms with Crippen molar-refractivity contribution in [1.82, 2.24) is 16.0 Å². The summed E-state index contributed by atoms with van der Waals surface area (Å²) < 4.78 is 5.85. The van der Waals surface area contributed by atoms with E-state index in [-0.39, 0.29) is 30.8 Å². The second-order valence-corrected chi connectivity index (χ2v) is 6.86. The number of carbonyl (C=O) groups excluding carboxylic acids is 2. The Hall–Kier alpha value is -2.77. The number of rotatable bonds is 7. The molecule has 3 rings (SSSR count). The molecule has 0 bridgehead atoms. The van der Waals surface area contributed by atoms with E-state index < -0.39 is 12.1 Å². The van der Waals surface area contributed by atoms with E-state index in [9.17, 15) is 9.59 Å². The average Bonchev–Trinajstić information content (AvgIpc) is 2.69. The van der Waals surface area contributed by atoms with E-state index in [4.69, 9.17) is 10.5 Å². The number of hydrogen-bond acceptors (Lipinski definition) is 4. The molecular weight excluding hydrogens is 392 g/mol. The summed E-state index contributed by atoms with van der Waals surface area (Å²) in [6.07, 6.45) is 2.09. The Morgan fingerprint density at radius 3 is 2.59 bits per heavy atom. The topological polar surface area (TPSA) is 105 Å². The maximum Gasteiger partial charge on any atom is 0.312 e. The molecule has 2 aromatic rings. The molecule has 3 amide bonds. The molecule has 0 aromatic heterocycles. The number of amides is 3. The normalized spacial score (nSPS) is 16.8. The summed E-state index contributed by atoms with van der Waals surface area (Å²) in [5.74, 6) is 1.21. The van der Waals surface area contributed by atoms with Gasteiger partial charge in [0.2, 0.25) is 5.91 Å². The Morgan fingerprint density at radius 2 is 1.90 bits per heavy atom. The minimum Gasteiger partial charge on any atom is -0.457 e. The van der Waals surface area contributed by atoms with Crippen molar-refractivity contribution in [2.24, 2.45) is 5.73 Å². The Bertz CT molecular complexity index is 798. The van der Waals surface area contributed by atoms with E-state index in [1.807, 2.05) is 54.6 Å². The number of benzene rings is 2. The molecule has 1 fully saturated rings. The zero-order valence-electron chi connectivity index (χ0n) is 16.1. The van der Waals surface area contributed by atoms with Gasteiger partial charge in [-0.25, -0.2) is 4.79 Å². The lowest BCUT2D eigenvalue weighted by atomic mass is 10.0. The third kappa shape index (κ3) is 7.29. The second kappa shape index (κ2) is 11.3. The van der Waals surface area contributed by atoms with E-state index in [2.05, 4.69) is 16.0 Å². The minimum absolute atomic E-state index is 0. The number of halogens is 1. The van der Waals surface area contributed by atoms with Gasteiger partial charge in [-0.3, -0.25) is 4.79 Å². The maximum absolute atomic E-state index is 12.5. The second-order valence-electron chi connectivity index (χ2n) is 6.86. The first kappa shape index (κ1) is 22.5. The molecular formula is C21H27ClN4O3. The van der Waals surface area contributed by atoms with Crippen LogP contribution in [0.15, 0.2) is 54.6 Å². The van der Waals surface area contributed by atoms with E-state index in [1.54, 1.807) is 0 Å². The Kier molecular flexibility index (Phi) is 8.76. The van der Waals surface area contributed by atoms with Crippen molar-refractivity contribution < 1.29 is 14.3 Å². The van der Waals surface area contributed by atoms with Crippen LogP contribution in [0.1, 0.15) is 30.9 Å². The number of nitrogens with one attached hydrogen (secondary N) is 3. The minimum atomic E-state index is -0.675. The molecule has 1 aliphatic heterocycles. The summed E-state index contributed by atoms with van der Waals surface area (Å²) >= 11 is 0. The Labute approximate surface area is 176 Å². The largest absolute Gasteiger partial charge is 0.457 e. The van der Waals surface area contributed by atoms with Gasteiger partial charge in [0.1, 0.15) is 11.5 Å². The van der Waals surface area contributed by atoms with Gasteiger partial charge in [-0.1, -0.05) is 30.3 Å². The van der Waals surface area contributed by atoms with Crippen LogP contribution in [0.25, 0.3) is 0 Å². The highest BCUT2D eigenvalue weighted by Gasteiger charge is 2.21. The van der Waals surface area contributed by atoms with Crippen LogP contribution in [0.2, 0.25) is 0 Å². The summed E-state index contributed by atoms with van der Waals surface area (Å²) in [6.45, 7) is 1.74. The number of carbonyl (C=O) groups is 2. The van der Waals surface area contributed by atoms with Crippen molar-refractivity contribution in [3.05, 3.63) is 60.2 Å². The fourth-order valence-corrected chi connectivity index (χ4v) is 3.29. The van der Waals surface area contributed by atoms with Crippen LogP contribution >= 0.6 is 12.4 Å². The van der Waals surface area contributed by atoms with Gasteiger partial charge in [0.25, 0.3) is 0 Å². The summed E-state index contributed by atoms with van der Waals surface area (Å²) in [7, 11) is 0. The quantitative estimate of drug-likeness (QED) is 0.554. The first-order valence-electron chi connectivity index (χ1n) is 9.49. The van der Waals surface area contributed by atoms with Crippen molar-refractivity contribution in [3.63, 3.8) is 0 Å². The molecule has 7 nitrogen and oxygen atoms in total. The van der Waals surface area contributed by atoms with Crippen molar-refractivity contribution in [1.29, 1.82) is 0 Å². The van der Waals surface area contributed by atoms with E-state index in [1.165, 1.54) is 0 Å². The van der Waals surface area contributed by atoms with E-state index >= 15 is 0 Å². The van der Waals surface area contributed by atoms with Gasteiger partial charge in [0.15, 0.2) is 0 Å². The lowest BCUT2D eigenvalue weighted by Crippen LogP contribution is -2.46. The van der Waals surface area contributed by atoms with Crippen molar-refractivity contribution in [2.45, 2.75) is 31.3 Å². The molecule has 0 saturated carbocycles. The molecule has 29 heavy (non-hydrogen) atoms. The molecule has 8 heteroatoms. The SMILES string of the molecule is Cl.NC(=O)NC(CC(=O)N[C@H]1CCCNC1)c1cccc(Oc2ccccc2)c1. The van der Waals surface area contributed by atoms with Crippen LogP contribution in [0.5, 0.6) is 11.5 Å². The molecule has 156 valence electrons. The predicted octanol–water partition coefficient (Wildman–Crippen LogP) is 2.87. The lowest BCUT2D eigenvalue weighted by Gasteiger charge is -2.25. The van der Waals surface area contributed by atoms with Crippen LogP contribution in [0.4, 0.5) is 4.79 Å². The fourth-order valence-electron chi connectivity index (χ4n) is 3.29. The molecule has 1 aliphatic rings. The molecule has 1 saturated heterocycles. The van der Waals surface area contributed by atoms with E-state index in [0.717, 1.165) is 31.5 Å². The van der Waals surface area contributed by atoms with Crippen LogP contribution in [0, 0.1) is 0 Å². The van der Waals surface area contributed by atoms with Crippen LogP contribution in [-0.2, 0) is 4.79 Å². The summed E-state index contributed by atoms with van der Waals surface area (Å²) in [5.41, 5.74) is 6.08. The van der Waals surface area contributed by atoms with Gasteiger partial charge in [0.05, 0.1) is 12.5 Å². The third-order valence-corrected chi connectivity index (χ3v) is 4.61. The standard InChI is InChI=1S/C21H26N4O3.ClH/c22-21(27)25-19(13-20(26)24-16-7-5-11-23-14-16)15-6-4-10-18(12-15)28-17-8-2-1-3-9-17;/h1-4,6,8-10,12,16,19,23H,5,7,11,13-14H2,(H,24,26)(H3,22,25,27);1H/t16-,19?;/m0./s1. The van der Waals surface area contributed by atoms with Gasteiger partial charge in [-0.05, 0) is 49.2 Å². The molecule has 2 atom stereocenters. The van der Waals surface area contributed by atoms with Gasteiger partial charge in [0, 0.05) is 12.6 Å². The number of hydrogen-bond donors (Lipinski definition) is 4. The van der Waals surface area contributed by atoms with Gasteiger partial charge in [-0.15, -0.1) is 12.4 Å². The maximum atomic E-state index is 12.5. The molecule has 0 radical (unpaired) electrons. The average molecular weight is 419 g/mol. The highest BCUT2D eigenvalue weighted by atomic mass is 35.5. The lowest BCUT2D eigenvalue weighted by molar-refractivity contribution is -0.122. The number of ether oxygens (including phenoxy) is 1. The monoisotopic (exact) mass is 418 g/mol. The van der Waals surface area contributed by atoms with Crippen molar-refractivity contribution in [3.8, 4) is 11.5 Å². The molecule has 0 aliphatic carbocycles. The van der Waals surface area contributed by atoms with Crippen LogP contribution in [0.3, 0.4) is 0 Å². The highest BCUT2D eigenvalue weighted by molar-refractivity contribution is 5.85. The first-order chi connectivity index (χ1) is 13.6. The van der Waals surface area contributed by atoms with Gasteiger partial charge >= 0.3 is 6.03 Å². The zero-order valence-corrected chi connectivity index (χ0v) is 16.9. The number of nitrogens with two attached hydrogens (primary N) is 1. The van der Waals surface area contributed by atoms with E-state index in [0.29, 0.717) is 11.5 Å². The van der Waals surface area contributed by atoms with Crippen LogP contribution < -0.4 is 26.4 Å². The number of para-hydroxylation sites is 1. The molecule has 0 spiro atoms. The third-order valence-electron chi connectivity index (χ3n) is 4.61. The number of primary amides is 1. The predicted molar refractivity (Wildman–Crippen MR) is 114 cm³/mol. The molecule has 2 aromatic carbocycles. The van der Waals surface area contributed by atoms with Gasteiger partial charge < -0.3 is 26.4 Å². The highest BCUT2D eigenvalue weighted by Crippen LogP contribution is 2.26. The van der Waals surface area contributed by atoms with Gasteiger partial charge in [-0.2, -0.15) is 0 Å². The first-order valence-corrected chi connectivity index (χ1v) is 9.49. The smallest absolute Gasteiger partial charge is 0.312 e. The molecule has 5 N–H and O–H groups in total. The van der Waals surface area contributed by atoms with Crippen LogP contribution in [-0.4, -0.2) is 31.1 Å². The van der Waals surface area contributed by atoms with Crippen molar-refractivity contribution >= 4 is 24.3 Å². The Balaban J connectivity index is 0.00000300. The summed E-state index contributed by atoms with van der Waals surface area (Å²) in [6, 6.07) is 15.6. The number of urea groups is 1. The summed E-state index contributed by atoms with van der Waals surface area (Å²) in [4.78, 5) is 24.0. The molecule has 1 heterocycles. The molecule has 1 unspecified atom stereocenters. The fraction of sp³-hybridized carbons (Fsp3) is 0.333. The Morgan fingerprint density at radius 1 is 1.14 bits per heavy atom. The zero-order chi connectivity index (χ0) is 19.8. The van der Waals surface area contributed by atoms with Crippen molar-refractivity contribution in [2.75, 3.05) is 13.1 Å². The summed E-state index contributed by atoms with van der Waals surface area (Å²) in [5, 5.41) is 8.95. The number of piperidine rings is 1.